The summed E-state index contributed by atoms with van der Waals surface area (Å²) < 4.78 is 30.4. The Morgan fingerprint density at radius 1 is 0.944 bits per heavy atom. The van der Waals surface area contributed by atoms with Gasteiger partial charge in [-0.1, -0.05) is 87.5 Å². The van der Waals surface area contributed by atoms with E-state index in [1.807, 2.05) is 48.6 Å². The molecule has 0 N–H and O–H groups in total. The van der Waals surface area contributed by atoms with Gasteiger partial charge in [-0.05, 0) is 21.5 Å². The predicted octanol–water partition coefficient (Wildman–Crippen LogP) is 3.11. The molecule has 192 valence electrons. The first-order valence-electron chi connectivity index (χ1n) is 12.2. The average Bonchev–Trinajstić information content (AvgIpc) is 3.12. The Balaban J connectivity index is 1.78. The van der Waals surface area contributed by atoms with Crippen molar-refractivity contribution >= 4 is 30.6 Å². The van der Waals surface area contributed by atoms with E-state index in [-0.39, 0.29) is 11.6 Å². The molecule has 36 heavy (non-hydrogen) atoms. The highest BCUT2D eigenvalue weighted by molar-refractivity contribution is 6.99. The van der Waals surface area contributed by atoms with Gasteiger partial charge in [0.2, 0.25) is 6.29 Å². The Morgan fingerprint density at radius 3 is 2.00 bits per heavy atom. The second-order valence-electron chi connectivity index (χ2n) is 10.2. The van der Waals surface area contributed by atoms with Gasteiger partial charge in [0, 0.05) is 13.8 Å². The molecule has 2 aliphatic rings. The van der Waals surface area contributed by atoms with Crippen molar-refractivity contribution < 1.29 is 33.0 Å². The Morgan fingerprint density at radius 2 is 1.50 bits per heavy atom. The number of fused-ring (bicyclic) bond motifs is 1. The van der Waals surface area contributed by atoms with Crippen molar-refractivity contribution in [3.8, 4) is 0 Å². The van der Waals surface area contributed by atoms with Gasteiger partial charge in [0.25, 0.3) is 8.32 Å². The minimum Gasteiger partial charge on any atom is -0.453 e. The Bertz CT molecular complexity index is 1060. The molecule has 7 nitrogen and oxygen atoms in total. The Kier molecular flexibility index (Phi) is 7.52. The van der Waals surface area contributed by atoms with Crippen molar-refractivity contribution in [2.24, 2.45) is 0 Å². The minimum absolute atomic E-state index is 0.122. The molecule has 8 heteroatoms. The summed E-state index contributed by atoms with van der Waals surface area (Å²) in [5, 5.41) is 2.01. The summed E-state index contributed by atoms with van der Waals surface area (Å²) in [7, 11) is -2.89. The maximum atomic E-state index is 11.9. The first kappa shape index (κ1) is 26.3. The number of benzene rings is 2. The van der Waals surface area contributed by atoms with Crippen LogP contribution in [0.4, 0.5) is 0 Å². The molecular formula is C28H34O7Si. The molecule has 2 heterocycles. The van der Waals surface area contributed by atoms with Gasteiger partial charge in [-0.15, -0.1) is 0 Å². The average molecular weight is 511 g/mol. The zero-order valence-electron chi connectivity index (χ0n) is 21.4. The summed E-state index contributed by atoms with van der Waals surface area (Å²) in [4.78, 5) is 23.7. The fraction of sp³-hybridized carbons (Fsp3) is 0.429. The van der Waals surface area contributed by atoms with E-state index < -0.39 is 44.4 Å². The monoisotopic (exact) mass is 510 g/mol. The van der Waals surface area contributed by atoms with Crippen molar-refractivity contribution in [2.45, 2.75) is 63.8 Å². The van der Waals surface area contributed by atoms with E-state index in [2.05, 4.69) is 45.0 Å². The van der Waals surface area contributed by atoms with E-state index in [9.17, 15) is 9.59 Å². The van der Waals surface area contributed by atoms with Crippen molar-refractivity contribution in [1.82, 2.24) is 0 Å². The molecule has 0 amide bonds. The van der Waals surface area contributed by atoms with Crippen LogP contribution in [0.1, 0.15) is 34.6 Å². The molecule has 0 aromatic heterocycles. The minimum atomic E-state index is -2.89. The van der Waals surface area contributed by atoms with Crippen molar-refractivity contribution in [2.75, 3.05) is 13.2 Å². The van der Waals surface area contributed by atoms with E-state index in [4.69, 9.17) is 23.4 Å². The third-order valence-electron chi connectivity index (χ3n) is 6.67. The van der Waals surface area contributed by atoms with Gasteiger partial charge in [-0.3, -0.25) is 9.59 Å². The second-order valence-corrected chi connectivity index (χ2v) is 14.5. The number of carbonyl (C=O) groups excluding carboxylic acids is 2. The summed E-state index contributed by atoms with van der Waals surface area (Å²) in [6.07, 6.45) is 1.01. The van der Waals surface area contributed by atoms with E-state index in [0.717, 1.165) is 10.4 Å². The maximum Gasteiger partial charge on any atom is 0.305 e. The van der Waals surface area contributed by atoms with Crippen LogP contribution in [0.2, 0.25) is 5.04 Å². The van der Waals surface area contributed by atoms with Gasteiger partial charge >= 0.3 is 11.9 Å². The van der Waals surface area contributed by atoms with E-state index in [1.165, 1.54) is 13.8 Å². The SMILES string of the molecule is CC(=O)O[C@H]1O[C@@]2(CO[Si](c3ccccc3)(c3ccccc3)C(C)(C)C)C=CCO[C@H]2[C@H]1OC(C)=O. The van der Waals surface area contributed by atoms with Crippen LogP contribution in [0.3, 0.4) is 0 Å². The second kappa shape index (κ2) is 10.3. The molecule has 2 aromatic carbocycles. The third-order valence-corrected chi connectivity index (χ3v) is 11.7. The first-order chi connectivity index (χ1) is 17.1. The standard InChI is InChI=1S/C28H34O7Si/c1-20(29)33-24-25-28(17-12-18-31-25,35-26(24)34-21(2)30)19-32-36(27(3,4)5,22-13-8-6-9-14-22)23-15-10-7-11-16-23/h6-17,24-26H,18-19H2,1-5H3/t24-,25+,26+,28-/m1/s1. The van der Waals surface area contributed by atoms with Crippen LogP contribution >= 0.6 is 0 Å². The molecule has 0 aliphatic carbocycles. The molecule has 1 fully saturated rings. The highest BCUT2D eigenvalue weighted by Gasteiger charge is 2.61. The number of hydrogen-bond acceptors (Lipinski definition) is 7. The summed E-state index contributed by atoms with van der Waals surface area (Å²) in [5.41, 5.74) is -1.11. The lowest BCUT2D eigenvalue weighted by Crippen LogP contribution is -2.68. The summed E-state index contributed by atoms with van der Waals surface area (Å²) in [5.74, 6) is -1.05. The summed E-state index contributed by atoms with van der Waals surface area (Å²) in [6.45, 7) is 9.62. The van der Waals surface area contributed by atoms with Gasteiger partial charge in [0.15, 0.2) is 6.10 Å². The van der Waals surface area contributed by atoms with Crippen molar-refractivity contribution in [3.63, 3.8) is 0 Å². The molecule has 0 radical (unpaired) electrons. The number of rotatable bonds is 7. The van der Waals surface area contributed by atoms with Gasteiger partial charge in [0.05, 0.1) is 13.2 Å². The normalized spacial score (nSPS) is 25.8. The quantitative estimate of drug-likeness (QED) is 0.322. The van der Waals surface area contributed by atoms with Gasteiger partial charge in [0.1, 0.15) is 11.7 Å². The summed E-state index contributed by atoms with van der Waals surface area (Å²) >= 11 is 0. The van der Waals surface area contributed by atoms with E-state index >= 15 is 0 Å². The molecule has 0 unspecified atom stereocenters. The lowest BCUT2D eigenvalue weighted by atomic mass is 9.93. The number of esters is 2. The number of carbonyl (C=O) groups is 2. The van der Waals surface area contributed by atoms with Gasteiger partial charge in [-0.25, -0.2) is 0 Å². The van der Waals surface area contributed by atoms with Gasteiger partial charge < -0.3 is 23.4 Å². The van der Waals surface area contributed by atoms with Crippen LogP contribution in [-0.2, 0) is 33.0 Å². The molecular weight excluding hydrogens is 476 g/mol. The van der Waals surface area contributed by atoms with Crippen LogP contribution in [0, 0.1) is 0 Å². The van der Waals surface area contributed by atoms with Crippen LogP contribution in [0.25, 0.3) is 0 Å². The molecule has 4 rings (SSSR count). The van der Waals surface area contributed by atoms with Crippen molar-refractivity contribution in [3.05, 3.63) is 72.8 Å². The third kappa shape index (κ3) is 4.91. The largest absolute Gasteiger partial charge is 0.453 e. The zero-order chi connectivity index (χ0) is 26.0. The van der Waals surface area contributed by atoms with Crippen molar-refractivity contribution in [1.29, 1.82) is 0 Å². The Labute approximate surface area is 213 Å². The highest BCUT2D eigenvalue weighted by atomic mass is 28.4. The molecule has 0 spiro atoms. The zero-order valence-corrected chi connectivity index (χ0v) is 22.4. The fourth-order valence-electron chi connectivity index (χ4n) is 5.26. The molecule has 2 aromatic rings. The van der Waals surface area contributed by atoms with Crippen LogP contribution < -0.4 is 10.4 Å². The smallest absolute Gasteiger partial charge is 0.305 e. The highest BCUT2D eigenvalue weighted by Crippen LogP contribution is 2.42. The number of hydrogen-bond donors (Lipinski definition) is 0. The van der Waals surface area contributed by atoms with E-state index in [1.54, 1.807) is 0 Å². The Hall–Kier alpha value is -2.78. The summed E-state index contributed by atoms with van der Waals surface area (Å²) in [6, 6.07) is 20.6. The molecule has 4 atom stereocenters. The molecule has 1 saturated heterocycles. The predicted molar refractivity (Wildman–Crippen MR) is 137 cm³/mol. The maximum absolute atomic E-state index is 11.9. The van der Waals surface area contributed by atoms with Crippen LogP contribution in [-0.4, -0.2) is 57.6 Å². The van der Waals surface area contributed by atoms with Crippen LogP contribution in [0.15, 0.2) is 72.8 Å². The van der Waals surface area contributed by atoms with Crippen LogP contribution in [0.5, 0.6) is 0 Å². The number of ether oxygens (including phenoxy) is 4. The topological polar surface area (TPSA) is 80.3 Å². The lowest BCUT2D eigenvalue weighted by Gasteiger charge is -2.45. The molecule has 2 aliphatic heterocycles. The first-order valence-corrected chi connectivity index (χ1v) is 14.1. The lowest BCUT2D eigenvalue weighted by molar-refractivity contribution is -0.202. The fourth-order valence-corrected chi connectivity index (χ4v) is 9.86. The molecule has 0 saturated carbocycles. The van der Waals surface area contributed by atoms with Gasteiger partial charge in [-0.2, -0.15) is 0 Å². The van der Waals surface area contributed by atoms with E-state index in [0.29, 0.717) is 6.61 Å². The molecule has 0 bridgehead atoms.